The molecule has 0 saturated heterocycles. The van der Waals surface area contributed by atoms with Crippen molar-refractivity contribution >= 4 is 17.8 Å². The third-order valence-electron chi connectivity index (χ3n) is 3.16. The maximum Gasteiger partial charge on any atom is 0.512 e. The molecule has 0 spiro atoms. The second kappa shape index (κ2) is 6.29. The summed E-state index contributed by atoms with van der Waals surface area (Å²) < 4.78 is 33.4. The summed E-state index contributed by atoms with van der Waals surface area (Å²) in [5, 5.41) is 13.1. The van der Waals surface area contributed by atoms with Gasteiger partial charge in [0.15, 0.2) is 11.6 Å². The molecule has 122 valence electrons. The summed E-state index contributed by atoms with van der Waals surface area (Å²) in [6.07, 6.45) is -1.57. The van der Waals surface area contributed by atoms with E-state index in [1.807, 2.05) is 0 Å². The summed E-state index contributed by atoms with van der Waals surface area (Å²) >= 11 is 5.94. The normalized spacial score (nSPS) is 10.6. The first-order chi connectivity index (χ1) is 11.5. The maximum atomic E-state index is 14.1. The minimum absolute atomic E-state index is 0.0947. The molecule has 0 saturated carbocycles. The van der Waals surface area contributed by atoms with Crippen molar-refractivity contribution in [2.45, 2.75) is 0 Å². The van der Waals surface area contributed by atoms with E-state index in [1.54, 1.807) is 24.3 Å². The molecule has 0 unspecified atom stereocenters. The molecule has 2 aromatic carbocycles. The molecule has 1 N–H and O–H groups in total. The molecule has 0 bridgehead atoms. The van der Waals surface area contributed by atoms with Gasteiger partial charge in [-0.05, 0) is 30.3 Å². The monoisotopic (exact) mass is 350 g/mol. The van der Waals surface area contributed by atoms with Crippen molar-refractivity contribution in [1.82, 2.24) is 9.78 Å². The van der Waals surface area contributed by atoms with Crippen LogP contribution in [0.2, 0.25) is 5.02 Å². The predicted molar refractivity (Wildman–Crippen MR) is 82.6 cm³/mol. The first-order valence-electron chi connectivity index (χ1n) is 6.67. The summed E-state index contributed by atoms with van der Waals surface area (Å²) in [6, 6.07) is 11.3. The van der Waals surface area contributed by atoms with Crippen LogP contribution in [0.5, 0.6) is 5.88 Å². The van der Waals surface area contributed by atoms with Gasteiger partial charge in [-0.1, -0.05) is 23.7 Å². The van der Waals surface area contributed by atoms with Gasteiger partial charge >= 0.3 is 6.16 Å². The van der Waals surface area contributed by atoms with Crippen LogP contribution >= 0.6 is 11.6 Å². The van der Waals surface area contributed by atoms with Gasteiger partial charge in [0.2, 0.25) is 5.88 Å². The zero-order chi connectivity index (χ0) is 17.3. The Morgan fingerprint density at radius 3 is 2.62 bits per heavy atom. The standard InChI is InChI=1S/C16H9ClF2N2O3/c17-9-3-1-4-10(7-9)21-13(8-14(20-21)24-16(22)23)11-5-2-6-12(18)15(11)19/h1-8H,(H,22,23). The van der Waals surface area contributed by atoms with Crippen LogP contribution in [0, 0.1) is 11.6 Å². The van der Waals surface area contributed by atoms with Gasteiger partial charge in [0, 0.05) is 16.7 Å². The molecule has 1 aromatic heterocycles. The summed E-state index contributed by atoms with van der Waals surface area (Å²) in [4.78, 5) is 10.7. The lowest BCUT2D eigenvalue weighted by Gasteiger charge is -2.08. The molecule has 0 aliphatic rings. The number of aromatic nitrogens is 2. The second-order valence-electron chi connectivity index (χ2n) is 4.73. The third-order valence-corrected chi connectivity index (χ3v) is 3.39. The van der Waals surface area contributed by atoms with Crippen LogP contribution in [0.4, 0.5) is 13.6 Å². The lowest BCUT2D eigenvalue weighted by molar-refractivity contribution is 0.142. The molecule has 0 aliphatic carbocycles. The van der Waals surface area contributed by atoms with E-state index in [-0.39, 0.29) is 17.1 Å². The first kappa shape index (κ1) is 15.9. The SMILES string of the molecule is O=C(O)Oc1cc(-c2cccc(F)c2F)n(-c2cccc(Cl)c2)n1. The Bertz CT molecular complexity index is 927. The number of nitrogens with zero attached hydrogens (tertiary/aromatic N) is 2. The minimum Gasteiger partial charge on any atom is -0.449 e. The summed E-state index contributed by atoms with van der Waals surface area (Å²) in [7, 11) is 0. The van der Waals surface area contributed by atoms with Crippen molar-refractivity contribution < 1.29 is 23.4 Å². The van der Waals surface area contributed by atoms with Crippen LogP contribution in [-0.2, 0) is 0 Å². The lowest BCUT2D eigenvalue weighted by Crippen LogP contribution is -2.04. The molecule has 24 heavy (non-hydrogen) atoms. The highest BCUT2D eigenvalue weighted by atomic mass is 35.5. The minimum atomic E-state index is -1.57. The number of benzene rings is 2. The van der Waals surface area contributed by atoms with Gasteiger partial charge < -0.3 is 9.84 Å². The highest BCUT2D eigenvalue weighted by molar-refractivity contribution is 6.30. The smallest absolute Gasteiger partial charge is 0.449 e. The van der Waals surface area contributed by atoms with E-state index in [2.05, 4.69) is 9.84 Å². The molecule has 3 rings (SSSR count). The van der Waals surface area contributed by atoms with Gasteiger partial charge in [0.25, 0.3) is 0 Å². The fraction of sp³-hybridized carbons (Fsp3) is 0. The molecule has 0 atom stereocenters. The Morgan fingerprint density at radius 1 is 1.17 bits per heavy atom. The molecule has 0 amide bonds. The summed E-state index contributed by atoms with van der Waals surface area (Å²) in [5.41, 5.74) is 0.453. The van der Waals surface area contributed by atoms with Crippen LogP contribution in [0.1, 0.15) is 0 Å². The number of carboxylic acid groups (broad SMARTS) is 1. The van der Waals surface area contributed by atoms with Crippen molar-refractivity contribution in [3.63, 3.8) is 0 Å². The molecule has 0 fully saturated rings. The molecular formula is C16H9ClF2N2O3. The van der Waals surface area contributed by atoms with Crippen molar-refractivity contribution in [3.05, 3.63) is 65.2 Å². The summed E-state index contributed by atoms with van der Waals surface area (Å²) in [6.45, 7) is 0. The molecular weight excluding hydrogens is 342 g/mol. The van der Waals surface area contributed by atoms with Gasteiger partial charge in [-0.25, -0.2) is 18.3 Å². The van der Waals surface area contributed by atoms with E-state index in [0.717, 1.165) is 6.07 Å². The van der Waals surface area contributed by atoms with Crippen molar-refractivity contribution in [3.8, 4) is 22.8 Å². The average Bonchev–Trinajstić information content (AvgIpc) is 2.93. The Balaban J connectivity index is 2.22. The maximum absolute atomic E-state index is 14.1. The third kappa shape index (κ3) is 3.07. The summed E-state index contributed by atoms with van der Waals surface area (Å²) in [5.74, 6) is -2.39. The van der Waals surface area contributed by atoms with Crippen LogP contribution in [0.15, 0.2) is 48.5 Å². The van der Waals surface area contributed by atoms with Crippen LogP contribution < -0.4 is 4.74 Å². The fourth-order valence-corrected chi connectivity index (χ4v) is 2.38. The van der Waals surface area contributed by atoms with E-state index in [0.29, 0.717) is 10.7 Å². The van der Waals surface area contributed by atoms with Crippen molar-refractivity contribution in [2.75, 3.05) is 0 Å². The highest BCUT2D eigenvalue weighted by Gasteiger charge is 2.19. The Labute approximate surface area is 139 Å². The van der Waals surface area contributed by atoms with Crippen molar-refractivity contribution in [1.29, 1.82) is 0 Å². The second-order valence-corrected chi connectivity index (χ2v) is 5.17. The van der Waals surface area contributed by atoms with Gasteiger partial charge in [0.1, 0.15) is 0 Å². The molecule has 3 aromatic rings. The molecule has 0 radical (unpaired) electrons. The number of halogens is 3. The van der Waals surface area contributed by atoms with Gasteiger partial charge in [0.05, 0.1) is 11.4 Å². The average molecular weight is 351 g/mol. The van der Waals surface area contributed by atoms with E-state index in [1.165, 1.54) is 22.9 Å². The van der Waals surface area contributed by atoms with Gasteiger partial charge in [-0.2, -0.15) is 0 Å². The van der Waals surface area contributed by atoms with Crippen LogP contribution in [0.3, 0.4) is 0 Å². The zero-order valence-corrected chi connectivity index (χ0v) is 12.7. The fourth-order valence-electron chi connectivity index (χ4n) is 2.20. The van der Waals surface area contributed by atoms with E-state index < -0.39 is 17.8 Å². The molecule has 5 nitrogen and oxygen atoms in total. The lowest BCUT2D eigenvalue weighted by atomic mass is 10.1. The van der Waals surface area contributed by atoms with E-state index in [4.69, 9.17) is 16.7 Å². The Kier molecular flexibility index (Phi) is 4.18. The Hall–Kier alpha value is -2.93. The molecule has 0 aliphatic heterocycles. The number of carbonyl (C=O) groups is 1. The van der Waals surface area contributed by atoms with Crippen LogP contribution in [-0.4, -0.2) is 21.0 Å². The van der Waals surface area contributed by atoms with E-state index >= 15 is 0 Å². The van der Waals surface area contributed by atoms with E-state index in [9.17, 15) is 13.6 Å². The molecule has 1 heterocycles. The number of ether oxygens (including phenoxy) is 1. The van der Waals surface area contributed by atoms with Gasteiger partial charge in [-0.3, -0.25) is 0 Å². The molecule has 8 heteroatoms. The zero-order valence-electron chi connectivity index (χ0n) is 11.9. The first-order valence-corrected chi connectivity index (χ1v) is 7.04. The van der Waals surface area contributed by atoms with Crippen molar-refractivity contribution in [2.24, 2.45) is 0 Å². The topological polar surface area (TPSA) is 64.3 Å². The number of rotatable bonds is 3. The number of hydrogen-bond acceptors (Lipinski definition) is 3. The highest BCUT2D eigenvalue weighted by Crippen LogP contribution is 2.30. The van der Waals surface area contributed by atoms with Crippen LogP contribution in [0.25, 0.3) is 16.9 Å². The largest absolute Gasteiger partial charge is 0.512 e. The quantitative estimate of drug-likeness (QED) is 0.705. The predicted octanol–water partition coefficient (Wildman–Crippen LogP) is 4.53. The van der Waals surface area contributed by atoms with Gasteiger partial charge in [-0.15, -0.1) is 5.10 Å². The number of hydrogen-bond donors (Lipinski definition) is 1. The Morgan fingerprint density at radius 2 is 1.92 bits per heavy atom.